The molecule has 4 rings (SSSR count). The van der Waals surface area contributed by atoms with Crippen LogP contribution in [0, 0.1) is 6.92 Å². The first kappa shape index (κ1) is 17.5. The third kappa shape index (κ3) is 3.05. The highest BCUT2D eigenvalue weighted by Crippen LogP contribution is 2.43. The van der Waals surface area contributed by atoms with Crippen LogP contribution in [0.4, 0.5) is 0 Å². The smallest absolute Gasteiger partial charge is 0.172 e. The van der Waals surface area contributed by atoms with Gasteiger partial charge in [0.2, 0.25) is 0 Å². The Balaban J connectivity index is 2.04. The Morgan fingerprint density at radius 1 is 0.815 bits per heavy atom. The van der Waals surface area contributed by atoms with E-state index in [1.807, 2.05) is 91.9 Å². The summed E-state index contributed by atoms with van der Waals surface area (Å²) in [5.74, 6) is 0.758. The summed E-state index contributed by atoms with van der Waals surface area (Å²) < 4.78 is 19.9. The molecule has 3 nitrogen and oxygen atoms in total. The molecular formula is C23H20NO2P. The van der Waals surface area contributed by atoms with Gasteiger partial charge < -0.3 is 9.30 Å². The third-order valence-corrected chi connectivity index (χ3v) is 7.95. The number of aromatic nitrogens is 1. The lowest BCUT2D eigenvalue weighted by atomic mass is 10.2. The Bertz CT molecular complexity index is 1100. The van der Waals surface area contributed by atoms with Gasteiger partial charge in [0.15, 0.2) is 7.14 Å². The van der Waals surface area contributed by atoms with Gasteiger partial charge in [-0.1, -0.05) is 60.7 Å². The number of pyridine rings is 1. The van der Waals surface area contributed by atoms with Crippen LogP contribution in [0.5, 0.6) is 5.75 Å². The molecule has 0 bridgehead atoms. The van der Waals surface area contributed by atoms with E-state index in [2.05, 4.69) is 0 Å². The van der Waals surface area contributed by atoms with Gasteiger partial charge in [0.25, 0.3) is 0 Å². The topological polar surface area (TPSA) is 39.2 Å². The first-order valence-corrected chi connectivity index (χ1v) is 10.5. The summed E-state index contributed by atoms with van der Waals surface area (Å²) >= 11 is 0. The van der Waals surface area contributed by atoms with Crippen LogP contribution in [0.2, 0.25) is 0 Å². The van der Waals surface area contributed by atoms with Crippen LogP contribution in [-0.4, -0.2) is 12.1 Å². The van der Waals surface area contributed by atoms with Gasteiger partial charge in [-0.15, -0.1) is 0 Å². The fourth-order valence-electron chi connectivity index (χ4n) is 3.39. The molecule has 0 aliphatic rings. The van der Waals surface area contributed by atoms with Crippen LogP contribution in [0.15, 0.2) is 84.9 Å². The maximum atomic E-state index is 14.6. The molecular weight excluding hydrogens is 353 g/mol. The molecule has 1 heterocycles. The molecule has 27 heavy (non-hydrogen) atoms. The molecule has 3 aromatic carbocycles. The molecule has 0 spiro atoms. The fourth-order valence-corrected chi connectivity index (χ4v) is 6.25. The standard InChI is InChI=1S/C23H20NO2P/c1-17-23(16-18-15-19(26-2)13-14-22(18)24-17)27(25,20-9-5-3-6-10-20)21-11-7-4-8-12-21/h3-16H,1-2H3. The molecule has 0 saturated carbocycles. The summed E-state index contributed by atoms with van der Waals surface area (Å²) in [6.45, 7) is 1.93. The van der Waals surface area contributed by atoms with Crippen LogP contribution < -0.4 is 20.7 Å². The van der Waals surface area contributed by atoms with E-state index in [9.17, 15) is 4.57 Å². The van der Waals surface area contributed by atoms with E-state index in [4.69, 9.17) is 9.72 Å². The minimum absolute atomic E-state index is 0.758. The first-order chi connectivity index (χ1) is 13.1. The molecule has 0 saturated heterocycles. The number of hydrogen-bond donors (Lipinski definition) is 0. The lowest BCUT2D eigenvalue weighted by molar-refractivity contribution is 0.415. The summed E-state index contributed by atoms with van der Waals surface area (Å²) in [5, 5.41) is 3.30. The van der Waals surface area contributed by atoms with Crippen LogP contribution in [-0.2, 0) is 4.57 Å². The molecule has 0 atom stereocenters. The normalized spacial score (nSPS) is 11.5. The quantitative estimate of drug-likeness (QED) is 0.504. The van der Waals surface area contributed by atoms with E-state index in [-0.39, 0.29) is 0 Å². The maximum absolute atomic E-state index is 14.6. The number of nitrogens with zero attached hydrogens (tertiary/aromatic N) is 1. The van der Waals surface area contributed by atoms with Gasteiger partial charge in [-0.3, -0.25) is 4.98 Å². The number of aryl methyl sites for hydroxylation is 1. The molecule has 0 fully saturated rings. The fraction of sp³-hybridized carbons (Fsp3) is 0.0870. The van der Waals surface area contributed by atoms with E-state index >= 15 is 0 Å². The van der Waals surface area contributed by atoms with Gasteiger partial charge in [0, 0.05) is 27.0 Å². The number of hydrogen-bond acceptors (Lipinski definition) is 3. The second-order valence-electron chi connectivity index (χ2n) is 6.43. The number of methoxy groups -OCH3 is 1. The van der Waals surface area contributed by atoms with Crippen LogP contribution in [0.3, 0.4) is 0 Å². The average molecular weight is 373 g/mol. The van der Waals surface area contributed by atoms with Gasteiger partial charge in [-0.2, -0.15) is 0 Å². The van der Waals surface area contributed by atoms with Gasteiger partial charge in [-0.05, 0) is 31.2 Å². The summed E-state index contributed by atoms with van der Waals surface area (Å²) in [7, 11) is -1.40. The van der Waals surface area contributed by atoms with Crippen LogP contribution >= 0.6 is 7.14 Å². The second kappa shape index (κ2) is 7.02. The van der Waals surface area contributed by atoms with Crippen molar-refractivity contribution in [3.05, 3.63) is 90.6 Å². The molecule has 1 aromatic heterocycles. The molecule has 0 N–H and O–H groups in total. The highest BCUT2D eigenvalue weighted by atomic mass is 31.2. The lowest BCUT2D eigenvalue weighted by Crippen LogP contribution is -2.27. The van der Waals surface area contributed by atoms with Crippen molar-refractivity contribution in [2.45, 2.75) is 6.92 Å². The van der Waals surface area contributed by atoms with Crippen molar-refractivity contribution in [1.82, 2.24) is 4.98 Å². The largest absolute Gasteiger partial charge is 0.497 e. The minimum atomic E-state index is -3.05. The highest BCUT2D eigenvalue weighted by molar-refractivity contribution is 7.85. The zero-order valence-electron chi connectivity index (χ0n) is 15.3. The monoisotopic (exact) mass is 373 g/mol. The molecule has 0 unspecified atom stereocenters. The van der Waals surface area contributed by atoms with E-state index in [0.717, 1.165) is 38.3 Å². The van der Waals surface area contributed by atoms with Crippen molar-refractivity contribution < 1.29 is 9.30 Å². The SMILES string of the molecule is COc1ccc2nc(C)c(P(=O)(c3ccccc3)c3ccccc3)cc2c1. The van der Waals surface area contributed by atoms with Crippen molar-refractivity contribution >= 4 is 34.0 Å². The average Bonchev–Trinajstić information content (AvgIpc) is 2.73. The summed E-state index contributed by atoms with van der Waals surface area (Å²) in [6, 6.07) is 27.1. The summed E-state index contributed by atoms with van der Waals surface area (Å²) in [5.41, 5.74) is 1.65. The molecule has 4 aromatic rings. The van der Waals surface area contributed by atoms with Gasteiger partial charge in [0.1, 0.15) is 5.75 Å². The van der Waals surface area contributed by atoms with Crippen molar-refractivity contribution in [3.63, 3.8) is 0 Å². The van der Waals surface area contributed by atoms with Gasteiger partial charge >= 0.3 is 0 Å². The molecule has 0 aliphatic heterocycles. The van der Waals surface area contributed by atoms with Gasteiger partial charge in [0.05, 0.1) is 12.6 Å². The molecule has 0 aliphatic carbocycles. The zero-order chi connectivity index (χ0) is 18.9. The minimum Gasteiger partial charge on any atom is -0.497 e. The maximum Gasteiger partial charge on any atom is 0.172 e. The predicted molar refractivity (Wildman–Crippen MR) is 112 cm³/mol. The molecule has 0 amide bonds. The predicted octanol–water partition coefficient (Wildman–Crippen LogP) is 4.19. The Labute approximate surface area is 159 Å². The van der Waals surface area contributed by atoms with Crippen molar-refractivity contribution in [3.8, 4) is 5.75 Å². The highest BCUT2D eigenvalue weighted by Gasteiger charge is 2.31. The number of benzene rings is 3. The Kier molecular flexibility index (Phi) is 4.55. The van der Waals surface area contributed by atoms with Gasteiger partial charge in [-0.25, -0.2) is 0 Å². The lowest BCUT2D eigenvalue weighted by Gasteiger charge is -2.22. The van der Waals surface area contributed by atoms with E-state index in [1.54, 1.807) is 7.11 Å². The first-order valence-electron chi connectivity index (χ1n) is 8.80. The molecule has 134 valence electrons. The summed E-state index contributed by atoms with van der Waals surface area (Å²) in [6.07, 6.45) is 0. The van der Waals surface area contributed by atoms with E-state index in [0.29, 0.717) is 0 Å². The molecule has 0 radical (unpaired) electrons. The van der Waals surface area contributed by atoms with Crippen LogP contribution in [0.25, 0.3) is 10.9 Å². The summed E-state index contributed by atoms with van der Waals surface area (Å²) in [4.78, 5) is 4.74. The Morgan fingerprint density at radius 2 is 1.41 bits per heavy atom. The Morgan fingerprint density at radius 3 is 1.96 bits per heavy atom. The Hall–Kier alpha value is -2.90. The second-order valence-corrected chi connectivity index (χ2v) is 9.17. The number of ether oxygens (including phenoxy) is 1. The number of rotatable bonds is 4. The van der Waals surface area contributed by atoms with Crippen molar-refractivity contribution in [1.29, 1.82) is 0 Å². The zero-order valence-corrected chi connectivity index (χ0v) is 16.2. The third-order valence-electron chi connectivity index (χ3n) is 4.76. The van der Waals surface area contributed by atoms with Crippen LogP contribution in [0.1, 0.15) is 5.69 Å². The van der Waals surface area contributed by atoms with Crippen molar-refractivity contribution in [2.24, 2.45) is 0 Å². The molecule has 4 heteroatoms. The van der Waals surface area contributed by atoms with E-state index in [1.165, 1.54) is 0 Å². The van der Waals surface area contributed by atoms with E-state index < -0.39 is 7.14 Å². The number of fused-ring (bicyclic) bond motifs is 1. The van der Waals surface area contributed by atoms with Crippen molar-refractivity contribution in [2.75, 3.05) is 7.11 Å².